The number of nitrogens with zero attached hydrogens (tertiary/aromatic N) is 2. The lowest BCUT2D eigenvalue weighted by molar-refractivity contribution is 0.102. The molecule has 128 valence electrons. The molecule has 0 aliphatic carbocycles. The van der Waals surface area contributed by atoms with Crippen LogP contribution >= 0.6 is 11.6 Å². The molecule has 7 heteroatoms. The van der Waals surface area contributed by atoms with Crippen LogP contribution in [-0.4, -0.2) is 16.0 Å². The lowest BCUT2D eigenvalue weighted by atomic mass is 10.1. The van der Waals surface area contributed by atoms with E-state index in [1.807, 2.05) is 30.3 Å². The van der Waals surface area contributed by atoms with Gasteiger partial charge in [-0.05, 0) is 36.4 Å². The average molecular weight is 365 g/mol. The largest absolute Gasteiger partial charge is 0.367 e. The highest BCUT2D eigenvalue weighted by molar-refractivity contribution is 6.30. The molecule has 0 unspecified atom stereocenters. The van der Waals surface area contributed by atoms with Crippen LogP contribution in [0.1, 0.15) is 10.4 Å². The van der Waals surface area contributed by atoms with Crippen molar-refractivity contribution in [1.82, 2.24) is 10.1 Å². The minimum Gasteiger partial charge on any atom is -0.367 e. The molecule has 0 radical (unpaired) electrons. The monoisotopic (exact) mass is 364 g/mol. The normalized spacial score (nSPS) is 10.8. The van der Waals surface area contributed by atoms with Gasteiger partial charge in [0.2, 0.25) is 5.88 Å². The average Bonchev–Trinajstić information content (AvgIpc) is 3.05. The summed E-state index contributed by atoms with van der Waals surface area (Å²) in [5.74, 6) is -0.502. The lowest BCUT2D eigenvalue weighted by Gasteiger charge is -2.06. The Morgan fingerprint density at radius 2 is 1.81 bits per heavy atom. The van der Waals surface area contributed by atoms with E-state index in [1.165, 1.54) is 0 Å². The molecule has 2 aromatic carbocycles. The maximum Gasteiger partial charge on any atom is 0.263 e. The molecule has 0 aliphatic rings. The number of hydrogen-bond acceptors (Lipinski definition) is 5. The van der Waals surface area contributed by atoms with E-state index in [-0.39, 0.29) is 11.4 Å². The van der Waals surface area contributed by atoms with Gasteiger partial charge in [0.1, 0.15) is 11.3 Å². The number of nitrogens with one attached hydrogen (secondary N) is 1. The Morgan fingerprint density at radius 3 is 2.62 bits per heavy atom. The van der Waals surface area contributed by atoms with Crippen molar-refractivity contribution in [2.75, 3.05) is 11.1 Å². The highest BCUT2D eigenvalue weighted by atomic mass is 35.5. The van der Waals surface area contributed by atoms with Crippen LogP contribution in [0.5, 0.6) is 0 Å². The van der Waals surface area contributed by atoms with Crippen LogP contribution in [0.2, 0.25) is 5.02 Å². The van der Waals surface area contributed by atoms with Crippen LogP contribution in [0, 0.1) is 0 Å². The molecular weight excluding hydrogens is 352 g/mol. The highest BCUT2D eigenvalue weighted by Gasteiger charge is 2.23. The van der Waals surface area contributed by atoms with Crippen molar-refractivity contribution in [3.05, 3.63) is 71.2 Å². The van der Waals surface area contributed by atoms with E-state index in [4.69, 9.17) is 21.9 Å². The molecule has 3 N–H and O–H groups in total. The van der Waals surface area contributed by atoms with Crippen molar-refractivity contribution >= 4 is 40.0 Å². The molecule has 0 saturated heterocycles. The van der Waals surface area contributed by atoms with Crippen LogP contribution in [-0.2, 0) is 0 Å². The van der Waals surface area contributed by atoms with Gasteiger partial charge in [-0.15, -0.1) is 0 Å². The van der Waals surface area contributed by atoms with Crippen LogP contribution in [0.25, 0.3) is 22.3 Å². The molecule has 2 aromatic heterocycles. The van der Waals surface area contributed by atoms with E-state index in [0.717, 1.165) is 10.9 Å². The molecular formula is C19H13ClN4O2. The predicted octanol–water partition coefficient (Wildman–Crippen LogP) is 4.38. The zero-order valence-corrected chi connectivity index (χ0v) is 14.2. The summed E-state index contributed by atoms with van der Waals surface area (Å²) in [6.45, 7) is 0. The number of halogens is 1. The number of nitrogen functional groups attached to an aromatic ring is 1. The summed E-state index contributed by atoms with van der Waals surface area (Å²) in [6, 6.07) is 18.1. The number of aromatic nitrogens is 2. The Balaban J connectivity index is 1.72. The first-order valence-electron chi connectivity index (χ1n) is 7.80. The van der Waals surface area contributed by atoms with Crippen molar-refractivity contribution in [3.8, 4) is 11.4 Å². The molecule has 1 amide bonds. The summed E-state index contributed by atoms with van der Waals surface area (Å²) in [5, 5.41) is 8.24. The third kappa shape index (κ3) is 2.98. The van der Waals surface area contributed by atoms with Crippen molar-refractivity contribution in [2.45, 2.75) is 0 Å². The Bertz CT molecular complexity index is 1110. The first-order valence-corrected chi connectivity index (χ1v) is 8.18. The second-order valence-electron chi connectivity index (χ2n) is 5.62. The fraction of sp³-hybridized carbons (Fsp3) is 0. The van der Waals surface area contributed by atoms with Gasteiger partial charge in [-0.25, -0.2) is 4.98 Å². The summed E-state index contributed by atoms with van der Waals surface area (Å²) in [5.41, 5.74) is 8.14. The van der Waals surface area contributed by atoms with Crippen LogP contribution in [0.4, 0.5) is 11.6 Å². The van der Waals surface area contributed by atoms with Crippen molar-refractivity contribution in [1.29, 1.82) is 0 Å². The van der Waals surface area contributed by atoms with Gasteiger partial charge in [-0.3, -0.25) is 4.79 Å². The molecule has 0 fully saturated rings. The predicted molar refractivity (Wildman–Crippen MR) is 101 cm³/mol. The van der Waals surface area contributed by atoms with E-state index in [1.54, 1.807) is 30.3 Å². The first-order chi connectivity index (χ1) is 12.6. The minimum absolute atomic E-state index is 0.0681. The Morgan fingerprint density at radius 1 is 1.04 bits per heavy atom. The summed E-state index contributed by atoms with van der Waals surface area (Å²) in [4.78, 5) is 17.2. The number of carbonyl (C=O) groups is 1. The molecule has 0 spiro atoms. The Hall–Kier alpha value is -3.38. The van der Waals surface area contributed by atoms with Crippen LogP contribution in [0.15, 0.2) is 65.2 Å². The van der Waals surface area contributed by atoms with E-state index in [9.17, 15) is 4.79 Å². The summed E-state index contributed by atoms with van der Waals surface area (Å²) in [6.07, 6.45) is 0. The lowest BCUT2D eigenvalue weighted by Crippen LogP contribution is -2.14. The molecule has 0 aliphatic heterocycles. The number of rotatable bonds is 3. The fourth-order valence-corrected chi connectivity index (χ4v) is 2.75. The Kier molecular flexibility index (Phi) is 4.02. The third-order valence-corrected chi connectivity index (χ3v) is 4.14. The zero-order valence-electron chi connectivity index (χ0n) is 13.4. The number of para-hydroxylation sites is 1. The fourth-order valence-electron chi connectivity index (χ4n) is 2.62. The van der Waals surface area contributed by atoms with Gasteiger partial charge in [-0.2, -0.15) is 0 Å². The van der Waals surface area contributed by atoms with Gasteiger partial charge in [0.05, 0.1) is 11.2 Å². The molecule has 4 aromatic rings. The van der Waals surface area contributed by atoms with E-state index >= 15 is 0 Å². The second kappa shape index (κ2) is 6.50. The van der Waals surface area contributed by atoms with Crippen molar-refractivity contribution in [3.63, 3.8) is 0 Å². The van der Waals surface area contributed by atoms with E-state index < -0.39 is 5.91 Å². The maximum absolute atomic E-state index is 12.7. The zero-order chi connectivity index (χ0) is 18.1. The van der Waals surface area contributed by atoms with Crippen LogP contribution < -0.4 is 11.1 Å². The molecule has 0 atom stereocenters. The van der Waals surface area contributed by atoms with Crippen molar-refractivity contribution < 1.29 is 9.32 Å². The second-order valence-corrected chi connectivity index (χ2v) is 6.06. The molecule has 4 rings (SSSR count). The first kappa shape index (κ1) is 16.1. The summed E-state index contributed by atoms with van der Waals surface area (Å²) >= 11 is 5.86. The van der Waals surface area contributed by atoms with Gasteiger partial charge in [0.25, 0.3) is 5.91 Å². The van der Waals surface area contributed by atoms with Crippen LogP contribution in [0.3, 0.4) is 0 Å². The standard InChI is InChI=1S/C19H13ClN4O2/c20-12-6-8-13(9-7-12)22-19(25)16-17(24-26-18(16)21)15-10-5-11-3-1-2-4-14(11)23-15/h1-10H,21H2,(H,22,25). The van der Waals surface area contributed by atoms with Crippen molar-refractivity contribution in [2.24, 2.45) is 0 Å². The minimum atomic E-state index is -0.434. The van der Waals surface area contributed by atoms with Gasteiger partial charge in [0.15, 0.2) is 0 Å². The Labute approximate surface area is 153 Å². The van der Waals surface area contributed by atoms with Gasteiger partial charge in [0, 0.05) is 16.1 Å². The number of anilines is 2. The molecule has 0 saturated carbocycles. The summed E-state index contributed by atoms with van der Waals surface area (Å²) in [7, 11) is 0. The van der Waals surface area contributed by atoms with Gasteiger partial charge in [-0.1, -0.05) is 41.0 Å². The SMILES string of the molecule is Nc1onc(-c2ccc3ccccc3n2)c1C(=O)Nc1ccc(Cl)cc1. The smallest absolute Gasteiger partial charge is 0.263 e. The van der Waals surface area contributed by atoms with E-state index in [0.29, 0.717) is 22.1 Å². The summed E-state index contributed by atoms with van der Waals surface area (Å²) < 4.78 is 5.05. The highest BCUT2D eigenvalue weighted by Crippen LogP contribution is 2.28. The topological polar surface area (TPSA) is 94.0 Å². The molecule has 2 heterocycles. The molecule has 6 nitrogen and oxygen atoms in total. The number of carbonyl (C=O) groups excluding carboxylic acids is 1. The number of pyridine rings is 1. The number of benzene rings is 2. The molecule has 0 bridgehead atoms. The number of fused-ring (bicyclic) bond motifs is 1. The van der Waals surface area contributed by atoms with Gasteiger partial charge < -0.3 is 15.6 Å². The quantitative estimate of drug-likeness (QED) is 0.562. The number of amides is 1. The molecule has 26 heavy (non-hydrogen) atoms. The maximum atomic E-state index is 12.7. The third-order valence-electron chi connectivity index (χ3n) is 3.89. The number of nitrogens with two attached hydrogens (primary N) is 1. The van der Waals surface area contributed by atoms with Gasteiger partial charge >= 0.3 is 0 Å². The van der Waals surface area contributed by atoms with E-state index in [2.05, 4.69) is 15.5 Å². The number of hydrogen-bond donors (Lipinski definition) is 2.